The van der Waals surface area contributed by atoms with Gasteiger partial charge in [0.2, 0.25) is 11.8 Å². The Bertz CT molecular complexity index is 2520. The van der Waals surface area contributed by atoms with Crippen molar-refractivity contribution in [1.29, 1.82) is 0 Å². The molecule has 0 saturated carbocycles. The molecule has 69 heavy (non-hydrogen) atoms. The van der Waals surface area contributed by atoms with Crippen LogP contribution < -0.4 is 10.7 Å². The highest BCUT2D eigenvalue weighted by molar-refractivity contribution is 6.12. The molecule has 5 aliphatic rings. The van der Waals surface area contributed by atoms with E-state index in [1.165, 1.54) is 5.56 Å². The SMILES string of the molecule is CCn1c(C2=CCC=CN=C2)c2c3cc(ccc31)-c1cccc(c1)C[C@H](CNC(=O)[C@H](C(C)C)N(C)C[C@H]1CCN(C(=O)C#CCN3CCOCC3)C1)C(=O)N1CCC[C@H](N1)C(=O)OCC(C)(C)C2. The number of allylic oxidation sites excluding steroid dienone is 3. The lowest BCUT2D eigenvalue weighted by molar-refractivity contribution is -0.155. The van der Waals surface area contributed by atoms with E-state index >= 15 is 0 Å². The molecule has 5 aliphatic heterocycles. The molecule has 3 amide bonds. The first kappa shape index (κ1) is 49.8. The van der Waals surface area contributed by atoms with Gasteiger partial charge in [-0.1, -0.05) is 76.1 Å². The number of nitrogens with zero attached hydrogens (tertiary/aromatic N) is 6. The third-order valence-corrected chi connectivity index (χ3v) is 14.3. The van der Waals surface area contributed by atoms with Crippen LogP contribution in [0.3, 0.4) is 0 Å². The number of aliphatic imine (C=N–C) groups is 1. The molecule has 3 aromatic rings. The Morgan fingerprint density at radius 3 is 2.65 bits per heavy atom. The van der Waals surface area contributed by atoms with Crippen LogP contribution in [-0.2, 0) is 48.0 Å². The van der Waals surface area contributed by atoms with Crippen LogP contribution in [0.2, 0.25) is 0 Å². The van der Waals surface area contributed by atoms with Crippen molar-refractivity contribution in [1.82, 2.24) is 35.0 Å². The summed E-state index contributed by atoms with van der Waals surface area (Å²) in [5.74, 6) is 4.62. The molecule has 1 aromatic heterocycles. The molecule has 8 rings (SSSR count). The molecule has 0 unspecified atom stereocenters. The Labute approximate surface area is 408 Å². The highest BCUT2D eigenvalue weighted by Crippen LogP contribution is 2.39. The van der Waals surface area contributed by atoms with Crippen LogP contribution in [0.4, 0.5) is 0 Å². The van der Waals surface area contributed by atoms with Gasteiger partial charge in [0, 0.05) is 86.7 Å². The number of cyclic esters (lactones) is 1. The molecule has 2 N–H and O–H groups in total. The standard InChI is InChI=1S/C55H72N8O6/c1-7-62-48-19-18-42-31-45(48)46(51(62)43-14-8-9-21-56-33-43)32-55(4,5)37-69-54(67)47-16-11-23-63(58-47)53(66)44(30-39-13-10-15-41(42)29-39)34-57-52(65)50(38(2)3)59(6)35-40-20-24-61(36-40)49(64)17-12-22-60-25-27-68-28-26-60/h9-10,13-15,18-19,21,29,31,33,38,40,44,47,50,58H,7-8,11,16,20,22-28,30,32,34-37H2,1-6H3,(H,57,65)/t40-,44-,47+,50+/m1/s1. The number of carbonyl (C=O) groups is 4. The molecule has 0 aliphatic carbocycles. The van der Waals surface area contributed by atoms with Gasteiger partial charge in [-0.05, 0) is 105 Å². The van der Waals surface area contributed by atoms with E-state index in [9.17, 15) is 19.2 Å². The molecule has 3 saturated heterocycles. The number of likely N-dealkylation sites (N-methyl/N-ethyl adjacent to an activating group) is 1. The fourth-order valence-electron chi connectivity index (χ4n) is 10.8. The first-order valence-corrected chi connectivity index (χ1v) is 25.2. The van der Waals surface area contributed by atoms with Crippen LogP contribution in [0.25, 0.3) is 27.6 Å². The molecule has 3 fully saturated rings. The maximum absolute atomic E-state index is 14.7. The fraction of sp³-hybridized carbons (Fsp3) is 0.545. The smallest absolute Gasteiger partial charge is 0.324 e. The van der Waals surface area contributed by atoms with Gasteiger partial charge in [0.15, 0.2) is 0 Å². The molecule has 6 heterocycles. The van der Waals surface area contributed by atoms with Gasteiger partial charge < -0.3 is 24.3 Å². The number of aryl methyl sites for hydroxylation is 1. The minimum Gasteiger partial charge on any atom is -0.464 e. The first-order valence-electron chi connectivity index (χ1n) is 25.2. The molecule has 368 valence electrons. The summed E-state index contributed by atoms with van der Waals surface area (Å²) in [6, 6.07) is 13.9. The van der Waals surface area contributed by atoms with Gasteiger partial charge in [0.05, 0.1) is 44.0 Å². The summed E-state index contributed by atoms with van der Waals surface area (Å²) in [6.45, 7) is 17.5. The van der Waals surface area contributed by atoms with Gasteiger partial charge in [-0.2, -0.15) is 0 Å². The number of carbonyl (C=O) groups excluding carboxylic acids is 4. The molecule has 4 atom stereocenters. The van der Waals surface area contributed by atoms with Crippen LogP contribution >= 0.6 is 0 Å². The van der Waals surface area contributed by atoms with Gasteiger partial charge in [-0.3, -0.25) is 39.0 Å². The summed E-state index contributed by atoms with van der Waals surface area (Å²) in [6.07, 6.45) is 11.9. The number of ether oxygens (including phenoxy) is 2. The number of likely N-dealkylation sites (tertiary alicyclic amines) is 1. The Kier molecular flexibility index (Phi) is 16.2. The van der Waals surface area contributed by atoms with Crippen molar-refractivity contribution >= 4 is 46.4 Å². The third-order valence-electron chi connectivity index (χ3n) is 14.3. The van der Waals surface area contributed by atoms with E-state index in [1.807, 2.05) is 50.3 Å². The van der Waals surface area contributed by atoms with E-state index < -0.39 is 23.4 Å². The second-order valence-electron chi connectivity index (χ2n) is 20.7. The van der Waals surface area contributed by atoms with Gasteiger partial charge >= 0.3 is 5.97 Å². The number of esters is 1. The lowest BCUT2D eigenvalue weighted by atomic mass is 9.84. The van der Waals surface area contributed by atoms with E-state index in [1.54, 1.807) is 5.01 Å². The first-order chi connectivity index (χ1) is 33.3. The molecule has 2 aromatic carbocycles. The highest BCUT2D eigenvalue weighted by atomic mass is 16.5. The van der Waals surface area contributed by atoms with Crippen LogP contribution in [0.5, 0.6) is 0 Å². The molecule has 6 bridgehead atoms. The minimum absolute atomic E-state index is 0.0180. The average molecular weight is 941 g/mol. The van der Waals surface area contributed by atoms with Gasteiger partial charge in [0.1, 0.15) is 6.04 Å². The quantitative estimate of drug-likeness (QED) is 0.193. The summed E-state index contributed by atoms with van der Waals surface area (Å²) in [4.78, 5) is 66.6. The number of morpholine rings is 1. The van der Waals surface area contributed by atoms with Crippen molar-refractivity contribution in [2.45, 2.75) is 91.8 Å². The van der Waals surface area contributed by atoms with Crippen molar-refractivity contribution in [3.8, 4) is 23.0 Å². The number of hydrogen-bond acceptors (Lipinski definition) is 10. The monoisotopic (exact) mass is 941 g/mol. The number of benzene rings is 2. The van der Waals surface area contributed by atoms with E-state index in [4.69, 9.17) is 9.47 Å². The average Bonchev–Trinajstić information content (AvgIpc) is 3.82. The second kappa shape index (κ2) is 22.4. The van der Waals surface area contributed by atoms with Gasteiger partial charge in [-0.25, -0.2) is 5.43 Å². The van der Waals surface area contributed by atoms with Crippen molar-refractivity contribution in [2.24, 2.45) is 28.2 Å². The largest absolute Gasteiger partial charge is 0.464 e. The number of fused-ring (bicyclic) bond motifs is 6. The number of amides is 3. The lowest BCUT2D eigenvalue weighted by Gasteiger charge is -2.36. The predicted octanol–water partition coefficient (Wildman–Crippen LogP) is 5.74. The molecular formula is C55H72N8O6. The molecule has 0 radical (unpaired) electrons. The van der Waals surface area contributed by atoms with Crippen LogP contribution in [0.1, 0.15) is 77.1 Å². The summed E-state index contributed by atoms with van der Waals surface area (Å²) in [5.41, 5.74) is 10.4. The van der Waals surface area contributed by atoms with E-state index in [2.05, 4.69) is 105 Å². The summed E-state index contributed by atoms with van der Waals surface area (Å²) < 4.78 is 13.9. The fourth-order valence-corrected chi connectivity index (χ4v) is 10.8. The van der Waals surface area contributed by atoms with E-state index in [0.717, 1.165) is 71.3 Å². The zero-order valence-corrected chi connectivity index (χ0v) is 41.6. The lowest BCUT2D eigenvalue weighted by Crippen LogP contribution is -2.58. The van der Waals surface area contributed by atoms with Gasteiger partial charge in [-0.15, -0.1) is 0 Å². The molecule has 14 heteroatoms. The third kappa shape index (κ3) is 12.1. The number of hydrogen-bond donors (Lipinski definition) is 2. The van der Waals surface area contributed by atoms with E-state index in [-0.39, 0.29) is 48.7 Å². The van der Waals surface area contributed by atoms with Crippen LogP contribution in [-0.4, -0.2) is 145 Å². The van der Waals surface area contributed by atoms with Crippen molar-refractivity contribution in [3.63, 3.8) is 0 Å². The van der Waals surface area contributed by atoms with E-state index in [0.29, 0.717) is 71.6 Å². The number of rotatable bonds is 10. The van der Waals surface area contributed by atoms with Gasteiger partial charge in [0.25, 0.3) is 5.91 Å². The zero-order chi connectivity index (χ0) is 48.7. The Hall–Kier alpha value is -5.59. The van der Waals surface area contributed by atoms with Crippen molar-refractivity contribution in [3.05, 3.63) is 77.6 Å². The summed E-state index contributed by atoms with van der Waals surface area (Å²) >= 11 is 0. The number of hydrazine groups is 1. The Morgan fingerprint density at radius 2 is 1.86 bits per heavy atom. The minimum atomic E-state index is -0.682. The topological polar surface area (TPSA) is 141 Å². The van der Waals surface area contributed by atoms with Crippen LogP contribution in [0.15, 0.2) is 65.8 Å². The molecular weight excluding hydrogens is 869 g/mol. The molecule has 14 nitrogen and oxygen atoms in total. The Morgan fingerprint density at radius 1 is 1.04 bits per heavy atom. The Balaban J connectivity index is 1.03. The maximum Gasteiger partial charge on any atom is 0.324 e. The van der Waals surface area contributed by atoms with Crippen molar-refractivity contribution < 1.29 is 28.7 Å². The molecule has 0 spiro atoms. The number of aromatic nitrogens is 1. The highest BCUT2D eigenvalue weighted by Gasteiger charge is 2.37. The van der Waals surface area contributed by atoms with Crippen molar-refractivity contribution in [2.75, 3.05) is 79.2 Å². The number of nitrogens with one attached hydrogen (secondary N) is 2. The summed E-state index contributed by atoms with van der Waals surface area (Å²) in [5, 5.41) is 5.94. The second-order valence-corrected chi connectivity index (χ2v) is 20.7. The maximum atomic E-state index is 14.7. The summed E-state index contributed by atoms with van der Waals surface area (Å²) in [7, 11) is 1.97. The van der Waals surface area contributed by atoms with Crippen LogP contribution in [0, 0.1) is 35.0 Å². The zero-order valence-electron chi connectivity index (χ0n) is 41.6. The predicted molar refractivity (Wildman–Crippen MR) is 271 cm³/mol. The normalized spacial score (nSPS) is 22.7.